The first-order valence-corrected chi connectivity index (χ1v) is 8.79. The molecule has 2 N–H and O–H groups in total. The van der Waals surface area contributed by atoms with Crippen LogP contribution in [0.1, 0.15) is 23.2 Å². The molecule has 0 aliphatic rings. The zero-order valence-corrected chi connectivity index (χ0v) is 15.5. The summed E-state index contributed by atoms with van der Waals surface area (Å²) in [7, 11) is 1.52. The molecule has 29 heavy (non-hydrogen) atoms. The fraction of sp³-hybridized carbons (Fsp3) is 0.211. The van der Waals surface area contributed by atoms with Crippen molar-refractivity contribution >= 4 is 34.3 Å². The average Bonchev–Trinajstić information content (AvgIpc) is 3.02. The molecule has 0 aliphatic carbocycles. The fourth-order valence-corrected chi connectivity index (χ4v) is 2.88. The molecule has 150 valence electrons. The van der Waals surface area contributed by atoms with E-state index in [-0.39, 0.29) is 36.1 Å². The maximum atomic E-state index is 12.2. The van der Waals surface area contributed by atoms with Gasteiger partial charge in [-0.1, -0.05) is 6.07 Å². The Labute approximate surface area is 164 Å². The summed E-state index contributed by atoms with van der Waals surface area (Å²) in [4.78, 5) is 46.1. The number of nitrogens with zero attached hydrogens (tertiary/aromatic N) is 2. The van der Waals surface area contributed by atoms with Crippen LogP contribution in [0.4, 0.5) is 11.4 Å². The Balaban J connectivity index is 1.62. The third-order valence-corrected chi connectivity index (χ3v) is 4.28. The van der Waals surface area contributed by atoms with Gasteiger partial charge in [0.15, 0.2) is 5.58 Å². The molecule has 0 unspecified atom stereocenters. The van der Waals surface area contributed by atoms with E-state index in [1.807, 2.05) is 0 Å². The largest absolute Gasteiger partial charge is 0.419 e. The number of fused-ring (bicyclic) bond motifs is 1. The van der Waals surface area contributed by atoms with E-state index < -0.39 is 10.7 Å². The van der Waals surface area contributed by atoms with Crippen molar-refractivity contribution in [2.45, 2.75) is 19.4 Å². The molecular weight excluding hydrogens is 380 g/mol. The number of rotatable bonds is 7. The van der Waals surface area contributed by atoms with Crippen LogP contribution >= 0.6 is 0 Å². The van der Waals surface area contributed by atoms with Gasteiger partial charge in [-0.05, 0) is 30.7 Å². The Hall–Kier alpha value is -3.95. The van der Waals surface area contributed by atoms with E-state index in [4.69, 9.17) is 4.42 Å². The minimum atomic E-state index is -0.640. The highest BCUT2D eigenvalue weighted by molar-refractivity contribution is 5.97. The van der Waals surface area contributed by atoms with Crippen LogP contribution in [0.15, 0.2) is 51.7 Å². The smallest absolute Gasteiger partial charge is 0.407 e. The number of nitrogens with one attached hydrogen (secondary N) is 2. The number of hydrogen-bond acceptors (Lipinski definition) is 6. The maximum Gasteiger partial charge on any atom is 0.419 e. The van der Waals surface area contributed by atoms with E-state index in [2.05, 4.69) is 10.6 Å². The highest BCUT2D eigenvalue weighted by Crippen LogP contribution is 2.20. The van der Waals surface area contributed by atoms with Crippen molar-refractivity contribution in [1.82, 2.24) is 9.88 Å². The van der Waals surface area contributed by atoms with Crippen molar-refractivity contribution in [3.63, 3.8) is 0 Å². The molecule has 2 aromatic carbocycles. The molecule has 0 saturated heterocycles. The number of aromatic nitrogens is 1. The predicted molar refractivity (Wildman–Crippen MR) is 105 cm³/mol. The van der Waals surface area contributed by atoms with Crippen molar-refractivity contribution in [2.75, 3.05) is 12.4 Å². The molecule has 0 bridgehead atoms. The topological polar surface area (TPSA) is 136 Å². The van der Waals surface area contributed by atoms with Crippen LogP contribution in [0.3, 0.4) is 0 Å². The summed E-state index contributed by atoms with van der Waals surface area (Å²) in [5.74, 6) is -1.16. The van der Waals surface area contributed by atoms with Crippen LogP contribution in [0, 0.1) is 10.1 Å². The normalized spacial score (nSPS) is 10.7. The molecule has 10 nitrogen and oxygen atoms in total. The van der Waals surface area contributed by atoms with E-state index in [0.29, 0.717) is 23.2 Å². The van der Waals surface area contributed by atoms with Crippen LogP contribution < -0.4 is 16.4 Å². The summed E-state index contributed by atoms with van der Waals surface area (Å²) in [5.41, 5.74) is 1.31. The van der Waals surface area contributed by atoms with Crippen molar-refractivity contribution < 1.29 is 18.9 Å². The summed E-state index contributed by atoms with van der Waals surface area (Å²) in [6.07, 6.45) is 0.489. The number of amides is 2. The third kappa shape index (κ3) is 4.49. The number of nitro groups is 1. The van der Waals surface area contributed by atoms with Crippen LogP contribution in [0.25, 0.3) is 11.1 Å². The Kier molecular flexibility index (Phi) is 5.72. The SMILES string of the molecule is CNC(=O)c1cccc(NC(=O)CCCn2c(=O)oc3cc([N+](=O)[O-])ccc32)c1. The van der Waals surface area contributed by atoms with Gasteiger partial charge in [-0.25, -0.2) is 4.79 Å². The van der Waals surface area contributed by atoms with Gasteiger partial charge in [0.1, 0.15) is 0 Å². The molecular formula is C19H18N4O6. The third-order valence-electron chi connectivity index (χ3n) is 4.28. The zero-order valence-electron chi connectivity index (χ0n) is 15.5. The van der Waals surface area contributed by atoms with Gasteiger partial charge in [0.2, 0.25) is 5.91 Å². The van der Waals surface area contributed by atoms with Gasteiger partial charge in [0.05, 0.1) is 16.5 Å². The Morgan fingerprint density at radius 2 is 2.00 bits per heavy atom. The lowest BCUT2D eigenvalue weighted by Crippen LogP contribution is -2.19. The van der Waals surface area contributed by atoms with Crippen LogP contribution in [0.2, 0.25) is 0 Å². The lowest BCUT2D eigenvalue weighted by Gasteiger charge is -2.07. The number of nitro benzene ring substituents is 1. The van der Waals surface area contributed by atoms with E-state index >= 15 is 0 Å². The first-order valence-electron chi connectivity index (χ1n) is 8.79. The van der Waals surface area contributed by atoms with E-state index in [1.54, 1.807) is 24.3 Å². The molecule has 1 heterocycles. The summed E-state index contributed by atoms with van der Waals surface area (Å²) in [6.45, 7) is 0.218. The van der Waals surface area contributed by atoms with Crippen molar-refractivity contribution in [3.8, 4) is 0 Å². The summed E-state index contributed by atoms with van der Waals surface area (Å²) in [5, 5.41) is 16.0. The second-order valence-corrected chi connectivity index (χ2v) is 6.24. The van der Waals surface area contributed by atoms with Crippen molar-refractivity contribution in [1.29, 1.82) is 0 Å². The van der Waals surface area contributed by atoms with Gasteiger partial charge in [-0.2, -0.15) is 0 Å². The van der Waals surface area contributed by atoms with Crippen molar-refractivity contribution in [3.05, 3.63) is 68.7 Å². The summed E-state index contributed by atoms with van der Waals surface area (Å²) < 4.78 is 6.39. The van der Waals surface area contributed by atoms with Crippen molar-refractivity contribution in [2.24, 2.45) is 0 Å². The molecule has 0 saturated carbocycles. The number of hydrogen-bond donors (Lipinski definition) is 2. The number of benzene rings is 2. The first kappa shape index (κ1) is 19.8. The standard InChI is InChI=1S/C19H18N4O6/c1-20-18(25)12-4-2-5-13(10-12)21-17(24)6-3-9-22-15-8-7-14(23(27)28)11-16(15)29-19(22)26/h2,4-5,7-8,10-11H,3,6,9H2,1H3,(H,20,25)(H,21,24). The monoisotopic (exact) mass is 398 g/mol. The van der Waals surface area contributed by atoms with Gasteiger partial charge in [-0.15, -0.1) is 0 Å². The minimum absolute atomic E-state index is 0.125. The molecule has 2 amide bonds. The van der Waals surface area contributed by atoms with E-state index in [0.717, 1.165) is 0 Å². The van der Waals surface area contributed by atoms with Gasteiger partial charge in [0.25, 0.3) is 11.6 Å². The van der Waals surface area contributed by atoms with E-state index in [9.17, 15) is 24.5 Å². The molecule has 0 aliphatic heterocycles. The van der Waals surface area contributed by atoms with Gasteiger partial charge in [0, 0.05) is 37.3 Å². The molecule has 3 rings (SSSR count). The molecule has 0 fully saturated rings. The molecule has 0 atom stereocenters. The molecule has 3 aromatic rings. The number of aryl methyl sites for hydroxylation is 1. The lowest BCUT2D eigenvalue weighted by molar-refractivity contribution is -0.384. The Morgan fingerprint density at radius 1 is 1.21 bits per heavy atom. The highest BCUT2D eigenvalue weighted by atomic mass is 16.6. The quantitative estimate of drug-likeness (QED) is 0.463. The average molecular weight is 398 g/mol. The lowest BCUT2D eigenvalue weighted by atomic mass is 10.2. The number of anilines is 1. The van der Waals surface area contributed by atoms with Crippen LogP contribution in [0.5, 0.6) is 0 Å². The number of oxazole rings is 1. The Morgan fingerprint density at radius 3 is 2.72 bits per heavy atom. The van der Waals surface area contributed by atoms with Gasteiger partial charge in [-0.3, -0.25) is 24.3 Å². The minimum Gasteiger partial charge on any atom is -0.407 e. The molecule has 0 radical (unpaired) electrons. The number of carbonyl (C=O) groups excluding carboxylic acids is 2. The first-order chi connectivity index (χ1) is 13.9. The van der Waals surface area contributed by atoms with Crippen LogP contribution in [-0.2, 0) is 11.3 Å². The molecule has 10 heteroatoms. The number of carbonyl (C=O) groups is 2. The second-order valence-electron chi connectivity index (χ2n) is 6.24. The van der Waals surface area contributed by atoms with E-state index in [1.165, 1.54) is 29.8 Å². The van der Waals surface area contributed by atoms with Gasteiger partial charge < -0.3 is 15.1 Å². The summed E-state index contributed by atoms with van der Waals surface area (Å²) >= 11 is 0. The highest BCUT2D eigenvalue weighted by Gasteiger charge is 2.14. The number of non-ortho nitro benzene ring substituents is 1. The Bertz CT molecular complexity index is 1150. The predicted octanol–water partition coefficient (Wildman–Crippen LogP) is 2.28. The second kappa shape index (κ2) is 8.38. The fourth-order valence-electron chi connectivity index (χ4n) is 2.88. The zero-order chi connectivity index (χ0) is 21.0. The maximum absolute atomic E-state index is 12.2. The van der Waals surface area contributed by atoms with Crippen LogP contribution in [-0.4, -0.2) is 28.4 Å². The summed E-state index contributed by atoms with van der Waals surface area (Å²) in [6, 6.07) is 10.5. The molecule has 0 spiro atoms. The molecule has 1 aromatic heterocycles. The van der Waals surface area contributed by atoms with Gasteiger partial charge >= 0.3 is 5.76 Å².